The maximum Gasteiger partial charge on any atom is 0.408 e. The van der Waals surface area contributed by atoms with E-state index in [1.807, 2.05) is 6.07 Å². The Morgan fingerprint density at radius 1 is 1.37 bits per heavy atom. The van der Waals surface area contributed by atoms with Crippen molar-refractivity contribution in [2.24, 2.45) is 11.5 Å². The van der Waals surface area contributed by atoms with Gasteiger partial charge in [-0.05, 0) is 30.5 Å². The second-order valence-electron chi connectivity index (χ2n) is 4.70. The number of likely N-dealkylation sites (tertiary alicyclic amines) is 1. The molecule has 5 N–H and O–H groups in total. The lowest BCUT2D eigenvalue weighted by Crippen LogP contribution is -2.52. The first-order valence-corrected chi connectivity index (χ1v) is 6.15. The summed E-state index contributed by atoms with van der Waals surface area (Å²) < 4.78 is 0. The highest BCUT2D eigenvalue weighted by atomic mass is 16.4. The molecule has 0 aliphatic carbocycles. The van der Waals surface area contributed by atoms with Gasteiger partial charge in [-0.2, -0.15) is 0 Å². The topological polar surface area (TPSA) is 110 Å². The second kappa shape index (κ2) is 5.27. The molecule has 19 heavy (non-hydrogen) atoms. The summed E-state index contributed by atoms with van der Waals surface area (Å²) in [5, 5.41) is 9.09. The van der Waals surface area contributed by atoms with Crippen LogP contribution >= 0.6 is 0 Å². The molecule has 1 aromatic rings. The van der Waals surface area contributed by atoms with Crippen LogP contribution in [0.15, 0.2) is 24.3 Å². The number of piperidine rings is 1. The Hall–Kier alpha value is -2.08. The smallest absolute Gasteiger partial charge is 0.408 e. The Bertz CT molecular complexity index is 504. The molecule has 6 heteroatoms. The number of rotatable bonds is 2. The first-order valence-electron chi connectivity index (χ1n) is 6.15. The largest absolute Gasteiger partial charge is 0.465 e. The van der Waals surface area contributed by atoms with E-state index in [1.54, 1.807) is 18.2 Å². The summed E-state index contributed by atoms with van der Waals surface area (Å²) in [6, 6.07) is 6.91. The molecule has 6 nitrogen and oxygen atoms in total. The van der Waals surface area contributed by atoms with E-state index in [2.05, 4.69) is 0 Å². The minimum atomic E-state index is -1.01. The monoisotopic (exact) mass is 263 g/mol. The molecule has 102 valence electrons. The lowest BCUT2D eigenvalue weighted by atomic mass is 9.87. The average molecular weight is 263 g/mol. The summed E-state index contributed by atoms with van der Waals surface area (Å²) in [4.78, 5) is 23.5. The molecule has 1 aliphatic heterocycles. The van der Waals surface area contributed by atoms with Gasteiger partial charge in [-0.25, -0.2) is 4.79 Å². The Kier molecular flexibility index (Phi) is 3.71. The second-order valence-corrected chi connectivity index (χ2v) is 4.70. The van der Waals surface area contributed by atoms with Crippen LogP contribution in [0.1, 0.15) is 34.7 Å². The zero-order valence-electron chi connectivity index (χ0n) is 10.5. The summed E-state index contributed by atoms with van der Waals surface area (Å²) in [5.74, 6) is -0.606. The van der Waals surface area contributed by atoms with Gasteiger partial charge in [0.25, 0.3) is 0 Å². The Morgan fingerprint density at radius 2 is 2.11 bits per heavy atom. The summed E-state index contributed by atoms with van der Waals surface area (Å²) in [6.07, 6.45) is -0.0452. The molecule has 0 spiro atoms. The highest BCUT2D eigenvalue weighted by Gasteiger charge is 2.32. The molecule has 1 aromatic carbocycles. The van der Waals surface area contributed by atoms with E-state index >= 15 is 0 Å². The Balaban J connectivity index is 2.27. The number of carboxylic acid groups (broad SMARTS) is 1. The predicted molar refractivity (Wildman–Crippen MR) is 69.6 cm³/mol. The lowest BCUT2D eigenvalue weighted by Gasteiger charge is -2.37. The molecule has 0 bridgehead atoms. The third-order valence-corrected chi connectivity index (χ3v) is 3.53. The van der Waals surface area contributed by atoms with Crippen LogP contribution in [0.2, 0.25) is 0 Å². The van der Waals surface area contributed by atoms with Gasteiger partial charge in [0.15, 0.2) is 0 Å². The summed E-state index contributed by atoms with van der Waals surface area (Å²) >= 11 is 0. The van der Waals surface area contributed by atoms with Gasteiger partial charge in [0, 0.05) is 18.0 Å². The van der Waals surface area contributed by atoms with Crippen LogP contribution in [-0.2, 0) is 0 Å². The van der Waals surface area contributed by atoms with Crippen LogP contribution < -0.4 is 11.5 Å². The summed E-state index contributed by atoms with van der Waals surface area (Å²) in [7, 11) is 0. The van der Waals surface area contributed by atoms with Crippen LogP contribution in [0, 0.1) is 0 Å². The highest BCUT2D eigenvalue weighted by Crippen LogP contribution is 2.30. The summed E-state index contributed by atoms with van der Waals surface area (Å²) in [5.41, 5.74) is 12.5. The standard InChI is InChI=1S/C13H17N3O3/c14-11-10(5-2-6-16(11)13(18)19)8-3-1-4-9(7-8)12(15)17/h1,3-4,7,10-11H,2,5-6,14H2,(H2,15,17)(H,18,19). The molecular formula is C13H17N3O3. The fraction of sp³-hybridized carbons (Fsp3) is 0.385. The van der Waals surface area contributed by atoms with Gasteiger partial charge >= 0.3 is 6.09 Å². The van der Waals surface area contributed by atoms with Crippen molar-refractivity contribution in [3.63, 3.8) is 0 Å². The molecule has 1 heterocycles. The Morgan fingerprint density at radius 3 is 2.74 bits per heavy atom. The van der Waals surface area contributed by atoms with Gasteiger partial charge in [-0.1, -0.05) is 12.1 Å². The first kappa shape index (κ1) is 13.4. The van der Waals surface area contributed by atoms with E-state index in [9.17, 15) is 9.59 Å². The number of primary amides is 1. The molecule has 2 rings (SSSR count). The maximum absolute atomic E-state index is 11.2. The predicted octanol–water partition coefficient (Wildman–Crippen LogP) is 0.928. The van der Waals surface area contributed by atoms with Gasteiger partial charge < -0.3 is 16.6 Å². The normalized spacial score (nSPS) is 23.1. The third-order valence-electron chi connectivity index (χ3n) is 3.53. The zero-order chi connectivity index (χ0) is 14.0. The van der Waals surface area contributed by atoms with Crippen molar-refractivity contribution in [2.45, 2.75) is 24.9 Å². The number of carbonyl (C=O) groups is 2. The molecule has 0 radical (unpaired) electrons. The van der Waals surface area contributed by atoms with Crippen molar-refractivity contribution >= 4 is 12.0 Å². The number of amides is 2. The van der Waals surface area contributed by atoms with Crippen molar-refractivity contribution in [1.82, 2.24) is 4.90 Å². The maximum atomic E-state index is 11.2. The van der Waals surface area contributed by atoms with Gasteiger partial charge in [0.2, 0.25) is 5.91 Å². The molecule has 0 aromatic heterocycles. The van der Waals surface area contributed by atoms with Crippen molar-refractivity contribution in [3.8, 4) is 0 Å². The first-order chi connectivity index (χ1) is 9.00. The zero-order valence-corrected chi connectivity index (χ0v) is 10.5. The lowest BCUT2D eigenvalue weighted by molar-refractivity contribution is 0.0976. The molecule has 2 unspecified atom stereocenters. The van der Waals surface area contributed by atoms with Crippen molar-refractivity contribution < 1.29 is 14.7 Å². The van der Waals surface area contributed by atoms with E-state index in [0.717, 1.165) is 18.4 Å². The third kappa shape index (κ3) is 2.68. The molecule has 1 fully saturated rings. The fourth-order valence-electron chi connectivity index (χ4n) is 2.53. The molecular weight excluding hydrogens is 246 g/mol. The van der Waals surface area contributed by atoms with E-state index in [1.165, 1.54) is 4.90 Å². The number of hydrogen-bond acceptors (Lipinski definition) is 3. The van der Waals surface area contributed by atoms with Crippen LogP contribution in [0.5, 0.6) is 0 Å². The van der Waals surface area contributed by atoms with Crippen LogP contribution in [-0.4, -0.2) is 34.7 Å². The van der Waals surface area contributed by atoms with Gasteiger partial charge in [-0.3, -0.25) is 9.69 Å². The van der Waals surface area contributed by atoms with Gasteiger partial charge in [-0.15, -0.1) is 0 Å². The SMILES string of the molecule is NC(=O)c1cccc(C2CCCN(C(=O)O)C2N)c1. The number of nitrogens with zero attached hydrogens (tertiary/aromatic N) is 1. The van der Waals surface area contributed by atoms with E-state index in [-0.39, 0.29) is 5.92 Å². The number of carbonyl (C=O) groups excluding carboxylic acids is 1. The van der Waals surface area contributed by atoms with E-state index < -0.39 is 18.2 Å². The number of nitrogens with two attached hydrogens (primary N) is 2. The number of hydrogen-bond donors (Lipinski definition) is 3. The van der Waals surface area contributed by atoms with Gasteiger partial charge in [0.05, 0.1) is 6.17 Å². The number of benzene rings is 1. The Labute approximate surface area is 111 Å². The van der Waals surface area contributed by atoms with Crippen molar-refractivity contribution in [3.05, 3.63) is 35.4 Å². The van der Waals surface area contributed by atoms with Gasteiger partial charge in [0.1, 0.15) is 0 Å². The van der Waals surface area contributed by atoms with Crippen LogP contribution in [0.4, 0.5) is 4.79 Å². The molecule has 1 aliphatic rings. The minimum Gasteiger partial charge on any atom is -0.465 e. The van der Waals surface area contributed by atoms with Crippen molar-refractivity contribution in [1.29, 1.82) is 0 Å². The molecule has 0 saturated carbocycles. The molecule has 1 saturated heterocycles. The molecule has 2 amide bonds. The average Bonchev–Trinajstić information content (AvgIpc) is 2.38. The molecule has 2 atom stereocenters. The fourth-order valence-corrected chi connectivity index (χ4v) is 2.53. The van der Waals surface area contributed by atoms with Crippen LogP contribution in [0.3, 0.4) is 0 Å². The van der Waals surface area contributed by atoms with Crippen LogP contribution in [0.25, 0.3) is 0 Å². The minimum absolute atomic E-state index is 0.107. The summed E-state index contributed by atoms with van der Waals surface area (Å²) in [6.45, 7) is 0.447. The van der Waals surface area contributed by atoms with Crippen molar-refractivity contribution in [2.75, 3.05) is 6.54 Å². The van der Waals surface area contributed by atoms with E-state index in [0.29, 0.717) is 12.1 Å². The quantitative estimate of drug-likeness (QED) is 0.737. The van der Waals surface area contributed by atoms with E-state index in [4.69, 9.17) is 16.6 Å². The highest BCUT2D eigenvalue weighted by molar-refractivity contribution is 5.92.